The number of rotatable bonds is 5. The summed E-state index contributed by atoms with van der Waals surface area (Å²) in [4.78, 5) is 21.9. The minimum Gasteiger partial charge on any atom is -0.475 e. The lowest BCUT2D eigenvalue weighted by molar-refractivity contribution is -0.151. The maximum absolute atomic E-state index is 11.3. The standard InChI is InChI=1S/C12H13ClO3/c1-2-9(11(14)12(15)16)7-8-3-5-10(13)6-4-8/h3-6,9H,2,7H2,1H3,(H,15,16). The number of carboxylic acids is 1. The first-order chi connectivity index (χ1) is 7.54. The van der Waals surface area contributed by atoms with E-state index in [1.807, 2.05) is 0 Å². The Morgan fingerprint density at radius 1 is 1.31 bits per heavy atom. The van der Waals surface area contributed by atoms with Gasteiger partial charge in [0.2, 0.25) is 5.78 Å². The summed E-state index contributed by atoms with van der Waals surface area (Å²) in [7, 11) is 0. The molecule has 0 aliphatic rings. The predicted molar refractivity (Wildman–Crippen MR) is 61.6 cm³/mol. The molecule has 1 aromatic carbocycles. The molecule has 0 bridgehead atoms. The topological polar surface area (TPSA) is 54.4 Å². The first kappa shape index (κ1) is 12.7. The lowest BCUT2D eigenvalue weighted by Gasteiger charge is -2.10. The quantitative estimate of drug-likeness (QED) is 0.805. The van der Waals surface area contributed by atoms with Crippen molar-refractivity contribution in [2.45, 2.75) is 19.8 Å². The molecule has 16 heavy (non-hydrogen) atoms. The molecule has 0 aliphatic carbocycles. The normalized spacial score (nSPS) is 12.1. The summed E-state index contributed by atoms with van der Waals surface area (Å²) in [5.41, 5.74) is 0.922. The molecule has 1 unspecified atom stereocenters. The summed E-state index contributed by atoms with van der Waals surface area (Å²) in [5.74, 6) is -2.54. The van der Waals surface area contributed by atoms with Crippen LogP contribution in [0.5, 0.6) is 0 Å². The number of ketones is 1. The molecule has 86 valence electrons. The number of benzene rings is 1. The highest BCUT2D eigenvalue weighted by molar-refractivity contribution is 6.33. The first-order valence-electron chi connectivity index (χ1n) is 5.06. The van der Waals surface area contributed by atoms with Crippen LogP contribution in [0, 0.1) is 5.92 Å². The monoisotopic (exact) mass is 240 g/mol. The van der Waals surface area contributed by atoms with Gasteiger partial charge in [-0.3, -0.25) is 4.79 Å². The molecule has 1 N–H and O–H groups in total. The number of hydrogen-bond acceptors (Lipinski definition) is 2. The van der Waals surface area contributed by atoms with Crippen molar-refractivity contribution in [3.63, 3.8) is 0 Å². The average Bonchev–Trinajstić information content (AvgIpc) is 2.27. The predicted octanol–water partition coefficient (Wildman–Crippen LogP) is 2.56. The van der Waals surface area contributed by atoms with Crippen LogP contribution >= 0.6 is 11.6 Å². The number of hydrogen-bond donors (Lipinski definition) is 1. The van der Waals surface area contributed by atoms with E-state index in [-0.39, 0.29) is 0 Å². The Labute approximate surface area is 99.0 Å². The zero-order chi connectivity index (χ0) is 12.1. The van der Waals surface area contributed by atoms with E-state index in [4.69, 9.17) is 16.7 Å². The van der Waals surface area contributed by atoms with Crippen LogP contribution < -0.4 is 0 Å². The second-order valence-electron chi connectivity index (χ2n) is 3.61. The van der Waals surface area contributed by atoms with E-state index in [1.165, 1.54) is 0 Å². The zero-order valence-electron chi connectivity index (χ0n) is 8.94. The third-order valence-electron chi connectivity index (χ3n) is 2.47. The number of aliphatic carboxylic acids is 1. The minimum absolute atomic E-state index is 0.443. The Bertz CT molecular complexity index is 384. The molecule has 0 saturated heterocycles. The van der Waals surface area contributed by atoms with E-state index < -0.39 is 17.7 Å². The van der Waals surface area contributed by atoms with Gasteiger partial charge in [0, 0.05) is 10.9 Å². The summed E-state index contributed by atoms with van der Waals surface area (Å²) in [6.07, 6.45) is 0.965. The van der Waals surface area contributed by atoms with Gasteiger partial charge in [0.1, 0.15) is 0 Å². The molecule has 0 saturated carbocycles. The number of carboxylic acid groups (broad SMARTS) is 1. The summed E-state index contributed by atoms with van der Waals surface area (Å²) in [6, 6.07) is 7.07. The Morgan fingerprint density at radius 3 is 2.31 bits per heavy atom. The van der Waals surface area contributed by atoms with Gasteiger partial charge in [-0.1, -0.05) is 30.7 Å². The molecule has 0 aliphatic heterocycles. The summed E-state index contributed by atoms with van der Waals surface area (Å²) < 4.78 is 0. The highest BCUT2D eigenvalue weighted by Crippen LogP contribution is 2.16. The molecule has 0 heterocycles. The largest absolute Gasteiger partial charge is 0.475 e. The number of carbonyl (C=O) groups is 2. The SMILES string of the molecule is CCC(Cc1ccc(Cl)cc1)C(=O)C(=O)O. The van der Waals surface area contributed by atoms with Gasteiger partial charge in [-0.2, -0.15) is 0 Å². The van der Waals surface area contributed by atoms with Gasteiger partial charge in [-0.25, -0.2) is 4.79 Å². The van der Waals surface area contributed by atoms with E-state index in [1.54, 1.807) is 31.2 Å². The molecule has 0 fully saturated rings. The second-order valence-corrected chi connectivity index (χ2v) is 4.04. The van der Waals surface area contributed by atoms with Crippen molar-refractivity contribution in [1.29, 1.82) is 0 Å². The summed E-state index contributed by atoms with van der Waals surface area (Å²) >= 11 is 5.73. The summed E-state index contributed by atoms with van der Waals surface area (Å²) in [5, 5.41) is 9.26. The molecule has 0 radical (unpaired) electrons. The fraction of sp³-hybridized carbons (Fsp3) is 0.333. The minimum atomic E-state index is -1.36. The molecular weight excluding hydrogens is 228 g/mol. The summed E-state index contributed by atoms with van der Waals surface area (Å²) in [6.45, 7) is 1.81. The molecule has 1 aromatic rings. The molecule has 1 atom stereocenters. The van der Waals surface area contributed by atoms with Crippen LogP contribution in [-0.4, -0.2) is 16.9 Å². The zero-order valence-corrected chi connectivity index (χ0v) is 9.70. The van der Waals surface area contributed by atoms with Gasteiger partial charge in [0.15, 0.2) is 0 Å². The van der Waals surface area contributed by atoms with Crippen LogP contribution in [0.1, 0.15) is 18.9 Å². The van der Waals surface area contributed by atoms with Crippen LogP contribution in [0.3, 0.4) is 0 Å². The molecule has 0 aromatic heterocycles. The maximum atomic E-state index is 11.3. The first-order valence-corrected chi connectivity index (χ1v) is 5.44. The van der Waals surface area contributed by atoms with E-state index in [0.29, 0.717) is 17.9 Å². The van der Waals surface area contributed by atoms with Crippen molar-refractivity contribution in [2.75, 3.05) is 0 Å². The van der Waals surface area contributed by atoms with Crippen LogP contribution in [-0.2, 0) is 16.0 Å². The molecule has 0 spiro atoms. The average molecular weight is 241 g/mol. The molecule has 0 amide bonds. The van der Waals surface area contributed by atoms with E-state index in [0.717, 1.165) is 5.56 Å². The van der Waals surface area contributed by atoms with Gasteiger partial charge in [0.25, 0.3) is 0 Å². The Kier molecular flexibility index (Phi) is 4.50. The van der Waals surface area contributed by atoms with Crippen LogP contribution in [0.4, 0.5) is 0 Å². The fourth-order valence-corrected chi connectivity index (χ4v) is 1.63. The van der Waals surface area contributed by atoms with Crippen molar-refractivity contribution in [3.8, 4) is 0 Å². The van der Waals surface area contributed by atoms with Gasteiger partial charge in [0.05, 0.1) is 0 Å². The Balaban J connectivity index is 2.74. The lowest BCUT2D eigenvalue weighted by atomic mass is 9.93. The molecule has 1 rings (SSSR count). The smallest absolute Gasteiger partial charge is 0.372 e. The van der Waals surface area contributed by atoms with Gasteiger partial charge in [-0.15, -0.1) is 0 Å². The highest BCUT2D eigenvalue weighted by atomic mass is 35.5. The van der Waals surface area contributed by atoms with E-state index in [2.05, 4.69) is 0 Å². The third kappa shape index (κ3) is 3.35. The van der Waals surface area contributed by atoms with Crippen molar-refractivity contribution in [3.05, 3.63) is 34.9 Å². The highest BCUT2D eigenvalue weighted by Gasteiger charge is 2.23. The Morgan fingerprint density at radius 2 is 1.88 bits per heavy atom. The van der Waals surface area contributed by atoms with E-state index >= 15 is 0 Å². The molecular formula is C12H13ClO3. The lowest BCUT2D eigenvalue weighted by Crippen LogP contribution is -2.24. The van der Waals surface area contributed by atoms with Gasteiger partial charge < -0.3 is 5.11 Å². The Hall–Kier alpha value is -1.35. The van der Waals surface area contributed by atoms with Crippen LogP contribution in [0.15, 0.2) is 24.3 Å². The molecule has 3 nitrogen and oxygen atoms in total. The number of Topliss-reactive ketones (excluding diaryl/α,β-unsaturated/α-hetero) is 1. The van der Waals surface area contributed by atoms with Crippen LogP contribution in [0.2, 0.25) is 5.02 Å². The van der Waals surface area contributed by atoms with Crippen LogP contribution in [0.25, 0.3) is 0 Å². The maximum Gasteiger partial charge on any atom is 0.372 e. The van der Waals surface area contributed by atoms with Crippen molar-refractivity contribution in [1.82, 2.24) is 0 Å². The van der Waals surface area contributed by atoms with E-state index in [9.17, 15) is 9.59 Å². The second kappa shape index (κ2) is 5.66. The molecule has 4 heteroatoms. The van der Waals surface area contributed by atoms with Gasteiger partial charge >= 0.3 is 5.97 Å². The van der Waals surface area contributed by atoms with Crippen molar-refractivity contribution in [2.24, 2.45) is 5.92 Å². The van der Waals surface area contributed by atoms with Crippen molar-refractivity contribution < 1.29 is 14.7 Å². The van der Waals surface area contributed by atoms with Gasteiger partial charge in [-0.05, 0) is 30.5 Å². The third-order valence-corrected chi connectivity index (χ3v) is 2.72. The number of halogens is 1. The van der Waals surface area contributed by atoms with Crippen molar-refractivity contribution >= 4 is 23.4 Å². The number of carbonyl (C=O) groups excluding carboxylic acids is 1. The fourth-order valence-electron chi connectivity index (χ4n) is 1.50.